The number of hydrogen-bond acceptors (Lipinski definition) is 4. The number of aliphatic imine (C=N–C) groups is 1. The van der Waals surface area contributed by atoms with Gasteiger partial charge in [-0.2, -0.15) is 0 Å². The predicted molar refractivity (Wildman–Crippen MR) is 116 cm³/mol. The molecule has 5 rings (SSSR count). The van der Waals surface area contributed by atoms with Crippen molar-refractivity contribution in [2.45, 2.75) is 19.3 Å². The van der Waals surface area contributed by atoms with E-state index < -0.39 is 0 Å². The van der Waals surface area contributed by atoms with Crippen LogP contribution >= 0.6 is 0 Å². The highest BCUT2D eigenvalue weighted by molar-refractivity contribution is 6.05. The average molecular weight is 382 g/mol. The molecule has 1 aliphatic rings. The molecule has 0 bridgehead atoms. The van der Waals surface area contributed by atoms with Crippen molar-refractivity contribution in [2.24, 2.45) is 4.99 Å². The van der Waals surface area contributed by atoms with E-state index in [1.165, 1.54) is 11.1 Å². The van der Waals surface area contributed by atoms with Gasteiger partial charge in [0.05, 0.1) is 28.1 Å². The third-order valence-corrected chi connectivity index (χ3v) is 5.29. The van der Waals surface area contributed by atoms with Crippen LogP contribution in [0.15, 0.2) is 65.8 Å². The minimum absolute atomic E-state index is 0.782. The molecule has 0 saturated heterocycles. The zero-order valence-corrected chi connectivity index (χ0v) is 16.4. The molecule has 0 aliphatic carbocycles. The van der Waals surface area contributed by atoms with Gasteiger partial charge in [0.25, 0.3) is 0 Å². The third kappa shape index (κ3) is 3.57. The summed E-state index contributed by atoms with van der Waals surface area (Å²) in [6, 6.07) is 18.7. The molecule has 0 spiro atoms. The van der Waals surface area contributed by atoms with Crippen LogP contribution < -0.4 is 0 Å². The van der Waals surface area contributed by atoms with Gasteiger partial charge in [0.1, 0.15) is 5.82 Å². The second kappa shape index (κ2) is 7.60. The molecule has 0 amide bonds. The van der Waals surface area contributed by atoms with Crippen molar-refractivity contribution >= 4 is 22.4 Å². The summed E-state index contributed by atoms with van der Waals surface area (Å²) in [4.78, 5) is 17.5. The number of nitrogens with one attached hydrogen (secondary N) is 1. The minimum atomic E-state index is 0.782. The number of rotatable bonds is 6. The van der Waals surface area contributed by atoms with Crippen LogP contribution in [0.4, 0.5) is 5.69 Å². The average Bonchev–Trinajstić information content (AvgIpc) is 3.38. The first-order valence-corrected chi connectivity index (χ1v) is 9.90. The summed E-state index contributed by atoms with van der Waals surface area (Å²) in [5.41, 5.74) is 8.63. The van der Waals surface area contributed by atoms with Gasteiger partial charge in [-0.25, -0.2) is 4.98 Å². The van der Waals surface area contributed by atoms with Crippen molar-refractivity contribution < 1.29 is 4.74 Å². The lowest BCUT2D eigenvalue weighted by atomic mass is 10.0. The third-order valence-electron chi connectivity index (χ3n) is 5.29. The molecule has 3 heterocycles. The lowest BCUT2D eigenvalue weighted by Crippen LogP contribution is -2.02. The standard InChI is InChI=1S/C24H22N4O/c1-29-12-4-5-16-7-9-21-22(13-16)28-24(27-21)17-8-10-19-18(14-17)15-23(26-19)20-6-2-3-11-25-20/h2-3,6-11,13-14H,4-5,12,15H2,1H3,(H,27,28). The molecular weight excluding hydrogens is 360 g/mol. The highest BCUT2D eigenvalue weighted by Gasteiger charge is 2.18. The molecule has 4 aromatic rings. The van der Waals surface area contributed by atoms with Crippen molar-refractivity contribution in [2.75, 3.05) is 13.7 Å². The molecule has 2 aromatic heterocycles. The lowest BCUT2D eigenvalue weighted by molar-refractivity contribution is 0.195. The van der Waals surface area contributed by atoms with Gasteiger partial charge < -0.3 is 9.72 Å². The molecule has 0 unspecified atom stereocenters. The fourth-order valence-corrected chi connectivity index (χ4v) is 3.80. The second-order valence-electron chi connectivity index (χ2n) is 7.33. The zero-order chi connectivity index (χ0) is 19.6. The molecule has 0 atom stereocenters. The van der Waals surface area contributed by atoms with E-state index in [1.54, 1.807) is 7.11 Å². The van der Waals surface area contributed by atoms with Crippen LogP contribution in [0.25, 0.3) is 22.4 Å². The second-order valence-corrected chi connectivity index (χ2v) is 7.33. The predicted octanol–water partition coefficient (Wildman–Crippen LogP) is 4.88. The molecule has 0 fully saturated rings. The van der Waals surface area contributed by atoms with Crippen molar-refractivity contribution in [3.8, 4) is 11.4 Å². The number of nitrogens with zero attached hydrogens (tertiary/aromatic N) is 3. The number of ether oxygens (including phenoxy) is 1. The van der Waals surface area contributed by atoms with Gasteiger partial charge in [0.15, 0.2) is 0 Å². The highest BCUT2D eigenvalue weighted by Crippen LogP contribution is 2.32. The molecule has 1 N–H and O–H groups in total. The van der Waals surface area contributed by atoms with Crippen molar-refractivity contribution in [1.29, 1.82) is 0 Å². The van der Waals surface area contributed by atoms with Gasteiger partial charge >= 0.3 is 0 Å². The van der Waals surface area contributed by atoms with Gasteiger partial charge in [-0.15, -0.1) is 0 Å². The Bertz CT molecular complexity index is 1190. The summed E-state index contributed by atoms with van der Waals surface area (Å²) < 4.78 is 5.15. The maximum atomic E-state index is 5.15. The Labute approximate surface area is 169 Å². The number of imidazole rings is 1. The first-order chi connectivity index (χ1) is 14.3. The van der Waals surface area contributed by atoms with E-state index in [2.05, 4.69) is 46.4 Å². The molecule has 29 heavy (non-hydrogen) atoms. The van der Waals surface area contributed by atoms with Gasteiger partial charge in [-0.3, -0.25) is 9.98 Å². The fraction of sp³-hybridized carbons (Fsp3) is 0.208. The lowest BCUT2D eigenvalue weighted by Gasteiger charge is -2.01. The van der Waals surface area contributed by atoms with E-state index in [4.69, 9.17) is 14.7 Å². The molecule has 5 nitrogen and oxygen atoms in total. The van der Waals surface area contributed by atoms with Crippen LogP contribution in [0.1, 0.15) is 23.2 Å². The van der Waals surface area contributed by atoms with Crippen molar-refractivity contribution in [3.05, 3.63) is 77.6 Å². The summed E-state index contributed by atoms with van der Waals surface area (Å²) >= 11 is 0. The number of H-pyrrole nitrogens is 1. The summed E-state index contributed by atoms with van der Waals surface area (Å²) in [5.74, 6) is 0.892. The number of methoxy groups -OCH3 is 1. The smallest absolute Gasteiger partial charge is 0.138 e. The molecule has 2 aromatic carbocycles. The van der Waals surface area contributed by atoms with Gasteiger partial charge in [0, 0.05) is 31.9 Å². The Morgan fingerprint density at radius 2 is 2.03 bits per heavy atom. The highest BCUT2D eigenvalue weighted by atomic mass is 16.5. The van der Waals surface area contributed by atoms with Gasteiger partial charge in [0.2, 0.25) is 0 Å². The van der Waals surface area contributed by atoms with Crippen LogP contribution in [0.5, 0.6) is 0 Å². The van der Waals surface area contributed by atoms with Crippen LogP contribution in [0.3, 0.4) is 0 Å². The normalized spacial score (nSPS) is 12.9. The fourth-order valence-electron chi connectivity index (χ4n) is 3.80. The Morgan fingerprint density at radius 1 is 1.07 bits per heavy atom. The van der Waals surface area contributed by atoms with Crippen molar-refractivity contribution in [3.63, 3.8) is 0 Å². The van der Waals surface area contributed by atoms with E-state index in [9.17, 15) is 0 Å². The largest absolute Gasteiger partial charge is 0.385 e. The van der Waals surface area contributed by atoms with E-state index in [0.29, 0.717) is 0 Å². The Balaban J connectivity index is 1.40. The number of aryl methyl sites for hydroxylation is 1. The Morgan fingerprint density at radius 3 is 2.90 bits per heavy atom. The van der Waals surface area contributed by atoms with Crippen LogP contribution in [-0.4, -0.2) is 34.4 Å². The minimum Gasteiger partial charge on any atom is -0.385 e. The Hall–Kier alpha value is -3.31. The van der Waals surface area contributed by atoms with E-state index in [0.717, 1.165) is 65.4 Å². The van der Waals surface area contributed by atoms with Gasteiger partial charge in [-0.1, -0.05) is 12.1 Å². The molecule has 144 valence electrons. The maximum Gasteiger partial charge on any atom is 0.138 e. The maximum absolute atomic E-state index is 5.15. The molecule has 1 aliphatic heterocycles. The van der Waals surface area contributed by atoms with E-state index in [1.807, 2.05) is 24.4 Å². The van der Waals surface area contributed by atoms with Crippen LogP contribution in [0.2, 0.25) is 0 Å². The molecular formula is C24H22N4O. The van der Waals surface area contributed by atoms with Crippen molar-refractivity contribution in [1.82, 2.24) is 15.0 Å². The van der Waals surface area contributed by atoms with Crippen LogP contribution in [-0.2, 0) is 17.6 Å². The number of benzene rings is 2. The van der Waals surface area contributed by atoms with E-state index in [-0.39, 0.29) is 0 Å². The number of aromatic nitrogens is 3. The monoisotopic (exact) mass is 382 g/mol. The molecule has 5 heteroatoms. The SMILES string of the molecule is COCCCc1ccc2nc(-c3ccc4c(c3)CC(c3ccccn3)=N4)[nH]c2c1. The summed E-state index contributed by atoms with van der Waals surface area (Å²) in [6.45, 7) is 0.782. The number of pyridine rings is 1. The summed E-state index contributed by atoms with van der Waals surface area (Å²) in [5, 5.41) is 0. The topological polar surface area (TPSA) is 63.2 Å². The first-order valence-electron chi connectivity index (χ1n) is 9.90. The van der Waals surface area contributed by atoms with Gasteiger partial charge in [-0.05, 0) is 66.4 Å². The summed E-state index contributed by atoms with van der Waals surface area (Å²) in [7, 11) is 1.74. The summed E-state index contributed by atoms with van der Waals surface area (Å²) in [6.07, 6.45) is 4.63. The van der Waals surface area contributed by atoms with E-state index >= 15 is 0 Å². The zero-order valence-electron chi connectivity index (χ0n) is 16.4. The first kappa shape index (κ1) is 17.8. The number of fused-ring (bicyclic) bond motifs is 2. The molecule has 0 radical (unpaired) electrons. The van der Waals surface area contributed by atoms with Crippen LogP contribution in [0, 0.1) is 0 Å². The number of aromatic amines is 1. The number of hydrogen-bond donors (Lipinski definition) is 1. The Kier molecular flexibility index (Phi) is 4.66. The quantitative estimate of drug-likeness (QED) is 0.483. The molecule has 0 saturated carbocycles.